The van der Waals surface area contributed by atoms with Gasteiger partial charge < -0.3 is 16.4 Å². The molecule has 1 saturated heterocycles. The van der Waals surface area contributed by atoms with E-state index in [1.165, 1.54) is 0 Å². The molecule has 7 nitrogen and oxygen atoms in total. The lowest BCUT2D eigenvalue weighted by molar-refractivity contribution is 0.0517. The summed E-state index contributed by atoms with van der Waals surface area (Å²) in [5.41, 5.74) is 14.8. The first kappa shape index (κ1) is 18.5. The fraction of sp³-hybridized carbons (Fsp3) is 0.476. The predicted molar refractivity (Wildman–Crippen MR) is 108 cm³/mol. The Morgan fingerprint density at radius 2 is 1.86 bits per heavy atom. The number of carbonyl (C=O) groups excluding carboxylic acids is 2. The summed E-state index contributed by atoms with van der Waals surface area (Å²) in [5, 5.41) is 4.43. The molecule has 2 aromatic rings. The van der Waals surface area contributed by atoms with Crippen LogP contribution < -0.4 is 11.5 Å². The van der Waals surface area contributed by atoms with Crippen LogP contribution in [0.1, 0.15) is 65.6 Å². The molecule has 1 amide bonds. The molecule has 0 atom stereocenters. The molecule has 148 valence electrons. The summed E-state index contributed by atoms with van der Waals surface area (Å²) in [4.78, 5) is 27.6. The van der Waals surface area contributed by atoms with Gasteiger partial charge in [0.1, 0.15) is 5.69 Å². The van der Waals surface area contributed by atoms with E-state index in [0.29, 0.717) is 36.4 Å². The predicted octanol–water partition coefficient (Wildman–Crippen LogP) is 2.68. The Kier molecular flexibility index (Phi) is 4.40. The number of nitrogen functional groups attached to an aromatic ring is 2. The van der Waals surface area contributed by atoms with Crippen LogP contribution in [0.2, 0.25) is 0 Å². The van der Waals surface area contributed by atoms with E-state index >= 15 is 0 Å². The lowest BCUT2D eigenvalue weighted by Crippen LogP contribution is -2.46. The third kappa shape index (κ3) is 3.04. The van der Waals surface area contributed by atoms with Crippen molar-refractivity contribution in [2.24, 2.45) is 5.41 Å². The maximum Gasteiger partial charge on any atom is 0.253 e. The summed E-state index contributed by atoms with van der Waals surface area (Å²) in [6.45, 7) is 5.37. The van der Waals surface area contributed by atoms with Gasteiger partial charge in [-0.1, -0.05) is 0 Å². The zero-order valence-corrected chi connectivity index (χ0v) is 16.4. The van der Waals surface area contributed by atoms with Crippen LogP contribution in [0.3, 0.4) is 0 Å². The Hall–Kier alpha value is -2.83. The number of carbonyl (C=O) groups is 2. The Morgan fingerprint density at radius 1 is 1.14 bits per heavy atom. The molecule has 1 aromatic carbocycles. The van der Waals surface area contributed by atoms with Gasteiger partial charge in [-0.05, 0) is 56.7 Å². The Bertz CT molecular complexity index is 938. The molecule has 28 heavy (non-hydrogen) atoms. The molecule has 1 fully saturated rings. The smallest absolute Gasteiger partial charge is 0.253 e. The molecule has 0 unspecified atom stereocenters. The Balaban J connectivity index is 1.48. The molecule has 2 heterocycles. The van der Waals surface area contributed by atoms with Crippen LogP contribution in [0.25, 0.3) is 0 Å². The number of fused-ring (bicyclic) bond motifs is 1. The summed E-state index contributed by atoms with van der Waals surface area (Å²) in [6.07, 6.45) is 4.89. The fourth-order valence-corrected chi connectivity index (χ4v) is 4.54. The number of amides is 1. The summed E-state index contributed by atoms with van der Waals surface area (Å²) >= 11 is 0. The SMILES string of the molecule is CC(C)n1ncc2c1C(=O)CC1(CCN(C(=O)c3ccc(N)c(N)c3)CC1)C2. The minimum atomic E-state index is -0.0636. The first-order valence-corrected chi connectivity index (χ1v) is 9.83. The van der Waals surface area contributed by atoms with E-state index in [9.17, 15) is 9.59 Å². The number of Topliss-reactive ketones (excluding diaryl/α,β-unsaturated/α-hetero) is 1. The van der Waals surface area contributed by atoms with Gasteiger partial charge in [0.05, 0.1) is 17.6 Å². The Morgan fingerprint density at radius 3 is 2.50 bits per heavy atom. The molecular weight excluding hydrogens is 354 g/mol. The first-order valence-electron chi connectivity index (χ1n) is 9.83. The van der Waals surface area contributed by atoms with Gasteiger partial charge in [-0.25, -0.2) is 0 Å². The quantitative estimate of drug-likeness (QED) is 0.778. The molecule has 0 saturated carbocycles. The lowest BCUT2D eigenvalue weighted by Gasteiger charge is -2.43. The van der Waals surface area contributed by atoms with E-state index in [-0.39, 0.29) is 23.1 Å². The van der Waals surface area contributed by atoms with Gasteiger partial charge >= 0.3 is 0 Å². The standard InChI is InChI=1S/C21H27N5O2/c1-13(2)26-19-15(12-24-26)10-21(11-18(19)27)5-7-25(8-6-21)20(28)14-3-4-16(22)17(23)9-14/h3-4,9,12-13H,5-8,10-11,22-23H2,1-2H3. The van der Waals surface area contributed by atoms with Crippen molar-refractivity contribution in [3.8, 4) is 0 Å². The van der Waals surface area contributed by atoms with E-state index < -0.39 is 0 Å². The largest absolute Gasteiger partial charge is 0.397 e. The molecule has 1 aliphatic heterocycles. The molecule has 4 N–H and O–H groups in total. The molecule has 1 aromatic heterocycles. The number of benzene rings is 1. The molecule has 1 aliphatic carbocycles. The molecule has 0 bridgehead atoms. The van der Waals surface area contributed by atoms with Gasteiger partial charge in [-0.2, -0.15) is 5.10 Å². The number of anilines is 2. The van der Waals surface area contributed by atoms with Gasteiger partial charge in [0.15, 0.2) is 5.78 Å². The summed E-state index contributed by atoms with van der Waals surface area (Å²) in [7, 11) is 0. The van der Waals surface area contributed by atoms with E-state index in [1.54, 1.807) is 18.2 Å². The maximum atomic E-state index is 12.9. The minimum Gasteiger partial charge on any atom is -0.397 e. The van der Waals surface area contributed by atoms with Crippen LogP contribution in [0.15, 0.2) is 24.4 Å². The van der Waals surface area contributed by atoms with Crippen molar-refractivity contribution in [3.63, 3.8) is 0 Å². The highest BCUT2D eigenvalue weighted by molar-refractivity contribution is 5.98. The highest BCUT2D eigenvalue weighted by Crippen LogP contribution is 2.44. The summed E-state index contributed by atoms with van der Waals surface area (Å²) < 4.78 is 1.84. The monoisotopic (exact) mass is 381 g/mol. The molecule has 1 spiro atoms. The number of nitrogens with zero attached hydrogens (tertiary/aromatic N) is 3. The van der Waals surface area contributed by atoms with Crippen molar-refractivity contribution < 1.29 is 9.59 Å². The van der Waals surface area contributed by atoms with Crippen molar-refractivity contribution >= 4 is 23.1 Å². The Labute approximate surface area is 164 Å². The zero-order valence-electron chi connectivity index (χ0n) is 16.4. The number of rotatable bonds is 2. The number of ketones is 1. The van der Waals surface area contributed by atoms with E-state index in [2.05, 4.69) is 5.10 Å². The van der Waals surface area contributed by atoms with Gasteiger partial charge in [-0.3, -0.25) is 14.3 Å². The zero-order chi connectivity index (χ0) is 20.1. The minimum absolute atomic E-state index is 0.0306. The third-order valence-corrected chi connectivity index (χ3v) is 6.17. The normalized spacial score (nSPS) is 18.5. The molecule has 0 radical (unpaired) electrons. The van der Waals surface area contributed by atoms with Gasteiger partial charge in [0.25, 0.3) is 5.91 Å². The molecule has 4 rings (SSSR count). The molecule has 2 aliphatic rings. The van der Waals surface area contributed by atoms with Crippen LogP contribution in [0, 0.1) is 5.41 Å². The number of aromatic nitrogens is 2. The van der Waals surface area contributed by atoms with Crippen molar-refractivity contribution in [3.05, 3.63) is 41.2 Å². The van der Waals surface area contributed by atoms with Crippen LogP contribution in [-0.2, 0) is 6.42 Å². The number of hydrogen-bond acceptors (Lipinski definition) is 5. The van der Waals surface area contributed by atoms with Crippen molar-refractivity contribution in [2.45, 2.75) is 45.6 Å². The van der Waals surface area contributed by atoms with Crippen LogP contribution >= 0.6 is 0 Å². The van der Waals surface area contributed by atoms with Crippen LogP contribution in [0.5, 0.6) is 0 Å². The maximum absolute atomic E-state index is 12.9. The number of nitrogens with two attached hydrogens (primary N) is 2. The van der Waals surface area contributed by atoms with Crippen molar-refractivity contribution in [1.29, 1.82) is 0 Å². The van der Waals surface area contributed by atoms with Crippen molar-refractivity contribution in [2.75, 3.05) is 24.6 Å². The lowest BCUT2D eigenvalue weighted by atomic mass is 9.67. The highest BCUT2D eigenvalue weighted by atomic mass is 16.2. The van der Waals surface area contributed by atoms with Gasteiger partial charge in [0, 0.05) is 36.7 Å². The van der Waals surface area contributed by atoms with E-state index in [1.807, 2.05) is 29.6 Å². The summed E-state index contributed by atoms with van der Waals surface area (Å²) in [5.74, 6) is 0.149. The number of hydrogen-bond donors (Lipinski definition) is 2. The third-order valence-electron chi connectivity index (χ3n) is 6.17. The average Bonchev–Trinajstić information content (AvgIpc) is 3.08. The van der Waals surface area contributed by atoms with Crippen molar-refractivity contribution in [1.82, 2.24) is 14.7 Å². The highest BCUT2D eigenvalue weighted by Gasteiger charge is 2.43. The van der Waals surface area contributed by atoms with Gasteiger partial charge in [-0.15, -0.1) is 0 Å². The second-order valence-electron chi connectivity index (χ2n) is 8.47. The second-order valence-corrected chi connectivity index (χ2v) is 8.47. The average molecular weight is 381 g/mol. The molecular formula is C21H27N5O2. The van der Waals surface area contributed by atoms with Crippen LogP contribution in [0.4, 0.5) is 11.4 Å². The second kappa shape index (κ2) is 6.65. The number of piperidine rings is 1. The first-order chi connectivity index (χ1) is 13.3. The topological polar surface area (TPSA) is 107 Å². The van der Waals surface area contributed by atoms with E-state index in [4.69, 9.17) is 11.5 Å². The van der Waals surface area contributed by atoms with Gasteiger partial charge in [0.2, 0.25) is 0 Å². The molecule has 7 heteroatoms. The fourth-order valence-electron chi connectivity index (χ4n) is 4.54. The summed E-state index contributed by atoms with van der Waals surface area (Å²) in [6, 6.07) is 5.20. The number of likely N-dealkylation sites (tertiary alicyclic amines) is 1. The van der Waals surface area contributed by atoms with Crippen LogP contribution in [-0.4, -0.2) is 39.5 Å². The van der Waals surface area contributed by atoms with E-state index in [0.717, 1.165) is 30.5 Å².